The minimum Gasteiger partial charge on any atom is -0.465 e. The summed E-state index contributed by atoms with van der Waals surface area (Å²) in [4.78, 5) is 4.04. The number of hydrogen-bond acceptors (Lipinski definition) is 3. The van der Waals surface area contributed by atoms with Gasteiger partial charge < -0.3 is 9.47 Å². The lowest BCUT2D eigenvalue weighted by molar-refractivity contribution is 0.0502. The topological polar surface area (TPSA) is 31.4 Å². The summed E-state index contributed by atoms with van der Waals surface area (Å²) in [5, 5.41) is 0. The second-order valence-corrected chi connectivity index (χ2v) is 2.87. The van der Waals surface area contributed by atoms with Crippen molar-refractivity contribution in [3.8, 4) is 5.75 Å². The lowest BCUT2D eigenvalue weighted by atomic mass is 10.5. The molecule has 1 rings (SSSR count). The molecule has 0 aliphatic heterocycles. The first-order valence-electron chi connectivity index (χ1n) is 3.07. The molecule has 3 nitrogen and oxygen atoms in total. The highest BCUT2D eigenvalue weighted by Gasteiger charge is 1.98. The van der Waals surface area contributed by atoms with Gasteiger partial charge >= 0.3 is 0 Å². The molecule has 0 aromatic carbocycles. The first kappa shape index (κ1) is 8.73. The highest BCUT2D eigenvalue weighted by Crippen LogP contribution is 2.16. The van der Waals surface area contributed by atoms with Crippen LogP contribution < -0.4 is 4.74 Å². The Bertz CT molecular complexity index is 229. The zero-order valence-corrected chi connectivity index (χ0v) is 8.24. The molecule has 0 radical (unpaired) electrons. The van der Waals surface area contributed by atoms with E-state index in [-0.39, 0.29) is 6.79 Å². The average Bonchev–Trinajstić information content (AvgIpc) is 2.03. The van der Waals surface area contributed by atoms with E-state index in [1.807, 2.05) is 12.1 Å². The molecule has 0 aliphatic rings. The Hall–Kier alpha value is -0.360. The fraction of sp³-hybridized carbons (Fsp3) is 0.286. The SMILES string of the molecule is COCOc1cccnc1I. The molecule has 1 aromatic heterocycles. The van der Waals surface area contributed by atoms with Crippen LogP contribution in [-0.4, -0.2) is 18.9 Å². The van der Waals surface area contributed by atoms with Crippen LogP contribution in [0.5, 0.6) is 5.75 Å². The van der Waals surface area contributed by atoms with Gasteiger partial charge in [-0.05, 0) is 34.7 Å². The molecule has 0 amide bonds. The second kappa shape index (κ2) is 4.50. The van der Waals surface area contributed by atoms with Crippen LogP contribution in [0, 0.1) is 3.70 Å². The Labute approximate surface area is 78.9 Å². The van der Waals surface area contributed by atoms with Crippen molar-refractivity contribution in [2.24, 2.45) is 0 Å². The normalized spacial score (nSPS) is 9.64. The number of halogens is 1. The third kappa shape index (κ3) is 2.63. The summed E-state index contributed by atoms with van der Waals surface area (Å²) in [5.74, 6) is 0.759. The van der Waals surface area contributed by atoms with E-state index in [1.165, 1.54) is 0 Å². The molecule has 0 unspecified atom stereocenters. The summed E-state index contributed by atoms with van der Waals surface area (Å²) < 4.78 is 10.8. The molecule has 0 bridgehead atoms. The summed E-state index contributed by atoms with van der Waals surface area (Å²) in [6.45, 7) is 0.266. The second-order valence-electron chi connectivity index (χ2n) is 1.84. The van der Waals surface area contributed by atoms with Crippen LogP contribution in [0.3, 0.4) is 0 Å². The van der Waals surface area contributed by atoms with Crippen LogP contribution in [0.15, 0.2) is 18.3 Å². The van der Waals surface area contributed by atoms with Crippen LogP contribution in [0.25, 0.3) is 0 Å². The number of pyridine rings is 1. The Balaban J connectivity index is 2.62. The number of nitrogens with zero attached hydrogens (tertiary/aromatic N) is 1. The molecular formula is C7H8INO2. The molecule has 0 saturated carbocycles. The van der Waals surface area contributed by atoms with Crippen LogP contribution in [0.4, 0.5) is 0 Å². The van der Waals surface area contributed by atoms with Gasteiger partial charge in [0.15, 0.2) is 12.5 Å². The predicted molar refractivity (Wildman–Crippen MR) is 49.5 cm³/mol. The summed E-state index contributed by atoms with van der Waals surface area (Å²) >= 11 is 2.11. The zero-order chi connectivity index (χ0) is 8.10. The Morgan fingerprint density at radius 1 is 1.64 bits per heavy atom. The first-order valence-corrected chi connectivity index (χ1v) is 4.14. The molecule has 4 heteroatoms. The Morgan fingerprint density at radius 3 is 3.09 bits per heavy atom. The first-order chi connectivity index (χ1) is 5.34. The monoisotopic (exact) mass is 265 g/mol. The van der Waals surface area contributed by atoms with Crippen LogP contribution in [0.1, 0.15) is 0 Å². The molecule has 0 fully saturated rings. The van der Waals surface area contributed by atoms with Crippen molar-refractivity contribution in [1.29, 1.82) is 0 Å². The number of rotatable bonds is 3. The molecule has 0 aliphatic carbocycles. The van der Waals surface area contributed by atoms with Gasteiger partial charge in [-0.25, -0.2) is 4.98 Å². The molecule has 0 saturated heterocycles. The standard InChI is InChI=1S/C7H8INO2/c1-10-5-11-6-3-2-4-9-7(6)8/h2-4H,5H2,1H3. The van der Waals surface area contributed by atoms with Crippen molar-refractivity contribution >= 4 is 22.6 Å². The van der Waals surface area contributed by atoms with E-state index in [2.05, 4.69) is 27.6 Å². The fourth-order valence-corrected chi connectivity index (χ4v) is 1.10. The molecule has 0 atom stereocenters. The molecule has 0 N–H and O–H groups in total. The van der Waals surface area contributed by atoms with Crippen molar-refractivity contribution in [3.05, 3.63) is 22.0 Å². The fourth-order valence-electron chi connectivity index (χ4n) is 0.601. The number of ether oxygens (including phenoxy) is 2. The quantitative estimate of drug-likeness (QED) is 0.473. The third-order valence-corrected chi connectivity index (χ3v) is 1.87. The molecule has 60 valence electrons. The van der Waals surface area contributed by atoms with E-state index in [9.17, 15) is 0 Å². The minimum absolute atomic E-state index is 0.266. The summed E-state index contributed by atoms with van der Waals surface area (Å²) in [5.41, 5.74) is 0. The van der Waals surface area contributed by atoms with Gasteiger partial charge in [-0.15, -0.1) is 0 Å². The maximum atomic E-state index is 5.19. The zero-order valence-electron chi connectivity index (χ0n) is 6.08. The third-order valence-electron chi connectivity index (χ3n) is 1.06. The molecule has 1 aromatic rings. The number of aromatic nitrogens is 1. The number of hydrogen-bond donors (Lipinski definition) is 0. The van der Waals surface area contributed by atoms with Gasteiger partial charge in [0.1, 0.15) is 3.70 Å². The van der Waals surface area contributed by atoms with Crippen molar-refractivity contribution in [3.63, 3.8) is 0 Å². The largest absolute Gasteiger partial charge is 0.465 e. The van der Waals surface area contributed by atoms with Gasteiger partial charge in [0, 0.05) is 13.3 Å². The lowest BCUT2D eigenvalue weighted by Gasteiger charge is -2.04. The summed E-state index contributed by atoms with van der Waals surface area (Å²) in [7, 11) is 1.59. The molecular weight excluding hydrogens is 257 g/mol. The smallest absolute Gasteiger partial charge is 0.188 e. The molecule has 1 heterocycles. The average molecular weight is 265 g/mol. The Kier molecular flexibility index (Phi) is 3.58. The lowest BCUT2D eigenvalue weighted by Crippen LogP contribution is -2.00. The molecule has 0 spiro atoms. The van der Waals surface area contributed by atoms with E-state index in [4.69, 9.17) is 9.47 Å². The van der Waals surface area contributed by atoms with Crippen molar-refractivity contribution in [2.75, 3.05) is 13.9 Å². The van der Waals surface area contributed by atoms with E-state index in [0.717, 1.165) is 9.45 Å². The van der Waals surface area contributed by atoms with Gasteiger partial charge in [-0.2, -0.15) is 0 Å². The van der Waals surface area contributed by atoms with Crippen molar-refractivity contribution < 1.29 is 9.47 Å². The summed E-state index contributed by atoms with van der Waals surface area (Å²) in [6.07, 6.45) is 1.72. The van der Waals surface area contributed by atoms with Crippen molar-refractivity contribution in [1.82, 2.24) is 4.98 Å². The van der Waals surface area contributed by atoms with E-state index < -0.39 is 0 Å². The Morgan fingerprint density at radius 2 is 2.45 bits per heavy atom. The summed E-state index contributed by atoms with van der Waals surface area (Å²) in [6, 6.07) is 3.68. The van der Waals surface area contributed by atoms with Crippen molar-refractivity contribution in [2.45, 2.75) is 0 Å². The van der Waals surface area contributed by atoms with Gasteiger partial charge in [0.05, 0.1) is 0 Å². The van der Waals surface area contributed by atoms with E-state index in [0.29, 0.717) is 0 Å². The van der Waals surface area contributed by atoms with E-state index >= 15 is 0 Å². The van der Waals surface area contributed by atoms with Crippen LogP contribution in [0.2, 0.25) is 0 Å². The van der Waals surface area contributed by atoms with E-state index in [1.54, 1.807) is 13.3 Å². The van der Waals surface area contributed by atoms with Crippen LogP contribution >= 0.6 is 22.6 Å². The van der Waals surface area contributed by atoms with Gasteiger partial charge in [-0.1, -0.05) is 0 Å². The van der Waals surface area contributed by atoms with Gasteiger partial charge in [0.2, 0.25) is 0 Å². The van der Waals surface area contributed by atoms with Gasteiger partial charge in [0.25, 0.3) is 0 Å². The minimum atomic E-state index is 0.266. The van der Waals surface area contributed by atoms with Gasteiger partial charge in [-0.3, -0.25) is 0 Å². The number of methoxy groups -OCH3 is 1. The maximum Gasteiger partial charge on any atom is 0.188 e. The maximum absolute atomic E-state index is 5.19. The predicted octanol–water partition coefficient (Wildman–Crippen LogP) is 1.67. The highest BCUT2D eigenvalue weighted by molar-refractivity contribution is 14.1. The highest BCUT2D eigenvalue weighted by atomic mass is 127. The van der Waals surface area contributed by atoms with Crippen LogP contribution in [-0.2, 0) is 4.74 Å². The molecule has 11 heavy (non-hydrogen) atoms.